The van der Waals surface area contributed by atoms with Crippen molar-refractivity contribution in [2.75, 3.05) is 6.54 Å². The van der Waals surface area contributed by atoms with Crippen molar-refractivity contribution in [3.05, 3.63) is 23.7 Å². The standard InChI is InChI=1S/C14H19NO4/c1-10-12(7-9-19-10)14(18)15-8-3-2-4-11(15)5-6-13(16)17/h7,9,11H,2-6,8H2,1H3,(H,16,17)/t11-/m1/s1. The molecule has 0 aromatic carbocycles. The quantitative estimate of drug-likeness (QED) is 0.907. The third kappa shape index (κ3) is 3.16. The molecule has 1 aromatic heterocycles. The van der Waals surface area contributed by atoms with Gasteiger partial charge in [0, 0.05) is 19.0 Å². The molecule has 0 aliphatic carbocycles. The van der Waals surface area contributed by atoms with Crippen LogP contribution in [0.15, 0.2) is 16.7 Å². The van der Waals surface area contributed by atoms with Crippen LogP contribution in [0, 0.1) is 6.92 Å². The van der Waals surface area contributed by atoms with E-state index in [1.54, 1.807) is 13.0 Å². The zero-order chi connectivity index (χ0) is 13.8. The van der Waals surface area contributed by atoms with Gasteiger partial charge in [-0.3, -0.25) is 9.59 Å². The van der Waals surface area contributed by atoms with Crippen LogP contribution in [0.25, 0.3) is 0 Å². The number of amides is 1. The first-order chi connectivity index (χ1) is 9.09. The number of aliphatic carboxylic acids is 1. The zero-order valence-corrected chi connectivity index (χ0v) is 11.1. The third-order valence-electron chi connectivity index (χ3n) is 3.67. The van der Waals surface area contributed by atoms with Crippen LogP contribution in [-0.2, 0) is 4.79 Å². The SMILES string of the molecule is Cc1occc1C(=O)N1CCCC[C@@H]1CCC(=O)O. The number of carboxylic acid groups (broad SMARTS) is 1. The lowest BCUT2D eigenvalue weighted by Crippen LogP contribution is -2.44. The molecule has 0 radical (unpaired) electrons. The Balaban J connectivity index is 2.08. The monoisotopic (exact) mass is 265 g/mol. The van der Waals surface area contributed by atoms with E-state index >= 15 is 0 Å². The Morgan fingerprint density at radius 3 is 2.89 bits per heavy atom. The molecule has 0 unspecified atom stereocenters. The predicted molar refractivity (Wildman–Crippen MR) is 69.0 cm³/mol. The number of carbonyl (C=O) groups is 2. The molecule has 1 aliphatic rings. The summed E-state index contributed by atoms with van der Waals surface area (Å²) in [5, 5.41) is 8.78. The Kier molecular flexibility index (Phi) is 4.24. The molecule has 0 saturated carbocycles. The lowest BCUT2D eigenvalue weighted by Gasteiger charge is -2.35. The molecule has 1 aliphatic heterocycles. The minimum absolute atomic E-state index is 0.0339. The third-order valence-corrected chi connectivity index (χ3v) is 3.67. The first-order valence-corrected chi connectivity index (χ1v) is 6.66. The van der Waals surface area contributed by atoms with Gasteiger partial charge in [-0.05, 0) is 38.7 Å². The zero-order valence-electron chi connectivity index (χ0n) is 11.1. The normalized spacial score (nSPS) is 19.4. The number of rotatable bonds is 4. The second-order valence-corrected chi connectivity index (χ2v) is 4.97. The van der Waals surface area contributed by atoms with Gasteiger partial charge in [0.05, 0.1) is 11.8 Å². The molecule has 5 heteroatoms. The van der Waals surface area contributed by atoms with Crippen molar-refractivity contribution < 1.29 is 19.1 Å². The first kappa shape index (κ1) is 13.6. The van der Waals surface area contributed by atoms with E-state index in [1.165, 1.54) is 6.26 Å². The summed E-state index contributed by atoms with van der Waals surface area (Å²) in [6, 6.07) is 1.72. The largest absolute Gasteiger partial charge is 0.481 e. The summed E-state index contributed by atoms with van der Waals surface area (Å²) in [5.74, 6) is -0.230. The molecule has 1 saturated heterocycles. The molecule has 1 amide bonds. The van der Waals surface area contributed by atoms with Gasteiger partial charge >= 0.3 is 5.97 Å². The molecule has 1 fully saturated rings. The number of furan rings is 1. The van der Waals surface area contributed by atoms with Gasteiger partial charge in [-0.25, -0.2) is 0 Å². The second kappa shape index (κ2) is 5.91. The smallest absolute Gasteiger partial charge is 0.303 e. The molecule has 5 nitrogen and oxygen atoms in total. The number of hydrogen-bond acceptors (Lipinski definition) is 3. The fraction of sp³-hybridized carbons (Fsp3) is 0.571. The summed E-state index contributed by atoms with van der Waals surface area (Å²) in [4.78, 5) is 24.9. The Labute approximate surface area is 112 Å². The van der Waals surface area contributed by atoms with Crippen LogP contribution in [0.3, 0.4) is 0 Å². The van der Waals surface area contributed by atoms with Crippen LogP contribution in [0.4, 0.5) is 0 Å². The number of nitrogens with zero attached hydrogens (tertiary/aromatic N) is 1. The Bertz CT molecular complexity index is 466. The van der Waals surface area contributed by atoms with E-state index < -0.39 is 5.97 Å². The summed E-state index contributed by atoms with van der Waals surface area (Å²) < 4.78 is 5.17. The van der Waals surface area contributed by atoms with E-state index in [2.05, 4.69) is 0 Å². The lowest BCUT2D eigenvalue weighted by molar-refractivity contribution is -0.137. The van der Waals surface area contributed by atoms with E-state index in [9.17, 15) is 9.59 Å². The van der Waals surface area contributed by atoms with E-state index in [0.717, 1.165) is 19.3 Å². The van der Waals surface area contributed by atoms with E-state index in [1.807, 2.05) is 4.90 Å². The molecule has 2 heterocycles. The maximum absolute atomic E-state index is 12.5. The maximum Gasteiger partial charge on any atom is 0.303 e. The fourth-order valence-electron chi connectivity index (χ4n) is 2.62. The Hall–Kier alpha value is -1.78. The summed E-state index contributed by atoms with van der Waals surface area (Å²) in [7, 11) is 0. The predicted octanol–water partition coefficient (Wildman–Crippen LogP) is 2.45. The van der Waals surface area contributed by atoms with Crippen molar-refractivity contribution in [1.29, 1.82) is 0 Å². The van der Waals surface area contributed by atoms with Gasteiger partial charge in [0.15, 0.2) is 0 Å². The highest BCUT2D eigenvalue weighted by Gasteiger charge is 2.29. The number of carbonyl (C=O) groups excluding carboxylic acids is 1. The molecule has 1 aromatic rings. The maximum atomic E-state index is 12.5. The number of likely N-dealkylation sites (tertiary alicyclic amines) is 1. The van der Waals surface area contributed by atoms with Gasteiger partial charge < -0.3 is 14.4 Å². The molecule has 0 bridgehead atoms. The first-order valence-electron chi connectivity index (χ1n) is 6.66. The molecule has 2 rings (SSSR count). The summed E-state index contributed by atoms with van der Waals surface area (Å²) in [5.41, 5.74) is 0.585. The average molecular weight is 265 g/mol. The van der Waals surface area contributed by atoms with Gasteiger partial charge in [-0.1, -0.05) is 0 Å². The summed E-state index contributed by atoms with van der Waals surface area (Å²) >= 11 is 0. The molecule has 1 N–H and O–H groups in total. The van der Waals surface area contributed by atoms with Crippen molar-refractivity contribution in [2.45, 2.75) is 45.1 Å². The van der Waals surface area contributed by atoms with Gasteiger partial charge in [0.2, 0.25) is 0 Å². The van der Waals surface area contributed by atoms with E-state index in [-0.39, 0.29) is 18.4 Å². The minimum Gasteiger partial charge on any atom is -0.481 e. The van der Waals surface area contributed by atoms with E-state index in [4.69, 9.17) is 9.52 Å². The van der Waals surface area contributed by atoms with Crippen molar-refractivity contribution in [3.63, 3.8) is 0 Å². The molecule has 104 valence electrons. The lowest BCUT2D eigenvalue weighted by atomic mass is 9.97. The van der Waals surface area contributed by atoms with Crippen LogP contribution in [-0.4, -0.2) is 34.5 Å². The van der Waals surface area contributed by atoms with Crippen LogP contribution in [0.5, 0.6) is 0 Å². The van der Waals surface area contributed by atoms with Gasteiger partial charge in [-0.2, -0.15) is 0 Å². The Morgan fingerprint density at radius 2 is 2.26 bits per heavy atom. The van der Waals surface area contributed by atoms with Crippen molar-refractivity contribution >= 4 is 11.9 Å². The van der Waals surface area contributed by atoms with Gasteiger partial charge in [0.1, 0.15) is 5.76 Å². The summed E-state index contributed by atoms with van der Waals surface area (Å²) in [6.45, 7) is 2.47. The highest BCUT2D eigenvalue weighted by atomic mass is 16.4. The number of hydrogen-bond donors (Lipinski definition) is 1. The molecule has 1 atom stereocenters. The molecular formula is C14H19NO4. The van der Waals surface area contributed by atoms with Crippen LogP contribution in [0.1, 0.15) is 48.2 Å². The van der Waals surface area contributed by atoms with Crippen molar-refractivity contribution in [2.24, 2.45) is 0 Å². The second-order valence-electron chi connectivity index (χ2n) is 4.97. The average Bonchev–Trinajstić information content (AvgIpc) is 2.82. The highest BCUT2D eigenvalue weighted by molar-refractivity contribution is 5.95. The molecule has 0 spiro atoms. The van der Waals surface area contributed by atoms with Crippen molar-refractivity contribution in [3.8, 4) is 0 Å². The fourth-order valence-corrected chi connectivity index (χ4v) is 2.62. The van der Waals surface area contributed by atoms with Crippen LogP contribution < -0.4 is 0 Å². The van der Waals surface area contributed by atoms with Gasteiger partial charge in [0.25, 0.3) is 5.91 Å². The molecular weight excluding hydrogens is 246 g/mol. The molecule has 19 heavy (non-hydrogen) atoms. The minimum atomic E-state index is -0.808. The highest BCUT2D eigenvalue weighted by Crippen LogP contribution is 2.24. The summed E-state index contributed by atoms with van der Waals surface area (Å²) in [6.07, 6.45) is 5.07. The van der Waals surface area contributed by atoms with Crippen LogP contribution >= 0.6 is 0 Å². The van der Waals surface area contributed by atoms with Crippen LogP contribution in [0.2, 0.25) is 0 Å². The number of aryl methyl sites for hydroxylation is 1. The number of carboxylic acids is 1. The topological polar surface area (TPSA) is 70.8 Å². The number of piperidine rings is 1. The Morgan fingerprint density at radius 1 is 1.47 bits per heavy atom. The van der Waals surface area contributed by atoms with E-state index in [0.29, 0.717) is 24.3 Å². The van der Waals surface area contributed by atoms with Crippen molar-refractivity contribution in [1.82, 2.24) is 4.90 Å². The van der Waals surface area contributed by atoms with Gasteiger partial charge in [-0.15, -0.1) is 0 Å².